The average molecular weight is 429 g/mol. The Morgan fingerprint density at radius 1 is 1.03 bits per heavy atom. The second-order valence-corrected chi connectivity index (χ2v) is 7.69. The van der Waals surface area contributed by atoms with Crippen LogP contribution in [0.3, 0.4) is 0 Å². The molecule has 1 amide bonds. The van der Waals surface area contributed by atoms with Gasteiger partial charge < -0.3 is 9.15 Å². The van der Waals surface area contributed by atoms with Gasteiger partial charge in [-0.1, -0.05) is 31.2 Å². The van der Waals surface area contributed by atoms with E-state index in [0.717, 1.165) is 18.1 Å². The van der Waals surface area contributed by atoms with Crippen LogP contribution in [-0.4, -0.2) is 13.0 Å². The fourth-order valence-corrected chi connectivity index (χ4v) is 4.23. The summed E-state index contributed by atoms with van der Waals surface area (Å²) in [4.78, 5) is 28.6. The number of carbonyl (C=O) groups excluding carboxylic acids is 1. The number of aryl methyl sites for hydroxylation is 1. The molecule has 1 atom stereocenters. The topological polar surface area (TPSA) is 59.8 Å². The Morgan fingerprint density at radius 3 is 2.53 bits per heavy atom. The number of benzene rings is 3. The molecule has 2 heterocycles. The van der Waals surface area contributed by atoms with Crippen molar-refractivity contribution in [1.82, 2.24) is 0 Å². The largest absolute Gasteiger partial charge is 0.497 e. The van der Waals surface area contributed by atoms with E-state index >= 15 is 0 Å². The van der Waals surface area contributed by atoms with Crippen LogP contribution in [0.1, 0.15) is 40.2 Å². The zero-order valence-corrected chi connectivity index (χ0v) is 17.6. The molecule has 0 saturated carbocycles. The molecular weight excluding hydrogens is 409 g/mol. The van der Waals surface area contributed by atoms with E-state index in [1.54, 1.807) is 30.2 Å². The van der Waals surface area contributed by atoms with E-state index in [4.69, 9.17) is 9.15 Å². The van der Waals surface area contributed by atoms with Crippen molar-refractivity contribution in [1.29, 1.82) is 0 Å². The molecule has 0 spiro atoms. The molecular formula is C26H20FNO4. The van der Waals surface area contributed by atoms with Gasteiger partial charge in [0, 0.05) is 5.69 Å². The molecule has 5 nitrogen and oxygen atoms in total. The van der Waals surface area contributed by atoms with E-state index < -0.39 is 23.2 Å². The van der Waals surface area contributed by atoms with Crippen molar-refractivity contribution in [2.75, 3.05) is 12.0 Å². The molecule has 0 radical (unpaired) electrons. The smallest absolute Gasteiger partial charge is 0.295 e. The lowest BCUT2D eigenvalue weighted by atomic mass is 9.98. The standard InChI is InChI=1S/C26H20FNO4/c1-3-15-7-10-18(11-8-15)28-23(16-5-4-6-19(13-16)31-2)22-24(29)20-14-17(27)9-12-21(20)32-25(22)26(28)30/h4-14,23H,3H2,1-2H3. The van der Waals surface area contributed by atoms with Crippen molar-refractivity contribution in [3.63, 3.8) is 0 Å². The Bertz CT molecular complexity index is 1410. The van der Waals surface area contributed by atoms with Crippen LogP contribution in [0.4, 0.5) is 10.1 Å². The number of amides is 1. The number of anilines is 1. The summed E-state index contributed by atoms with van der Waals surface area (Å²) in [7, 11) is 1.55. The first-order valence-electron chi connectivity index (χ1n) is 10.3. The Kier molecular flexibility index (Phi) is 4.78. The lowest BCUT2D eigenvalue weighted by molar-refractivity contribution is 0.0971. The first kappa shape index (κ1) is 20.0. The minimum absolute atomic E-state index is 0.0264. The fraction of sp³-hybridized carbons (Fsp3) is 0.154. The Hall–Kier alpha value is -3.93. The average Bonchev–Trinajstić information content (AvgIpc) is 3.12. The molecule has 0 fully saturated rings. The number of fused-ring (bicyclic) bond motifs is 2. The Balaban J connectivity index is 1.79. The van der Waals surface area contributed by atoms with Gasteiger partial charge in [-0.2, -0.15) is 0 Å². The fourth-order valence-electron chi connectivity index (χ4n) is 4.23. The Labute approximate surface area is 183 Å². The third-order valence-corrected chi connectivity index (χ3v) is 5.86. The summed E-state index contributed by atoms with van der Waals surface area (Å²) in [6.45, 7) is 2.05. The van der Waals surface area contributed by atoms with Crippen molar-refractivity contribution in [3.05, 3.63) is 105 Å². The maximum Gasteiger partial charge on any atom is 0.295 e. The zero-order valence-electron chi connectivity index (χ0n) is 17.6. The monoisotopic (exact) mass is 429 g/mol. The van der Waals surface area contributed by atoms with E-state index in [1.165, 1.54) is 12.1 Å². The van der Waals surface area contributed by atoms with Gasteiger partial charge in [0.1, 0.15) is 17.1 Å². The van der Waals surface area contributed by atoms with Gasteiger partial charge in [0.2, 0.25) is 5.76 Å². The van der Waals surface area contributed by atoms with Gasteiger partial charge in [-0.25, -0.2) is 4.39 Å². The first-order chi connectivity index (χ1) is 15.5. The van der Waals surface area contributed by atoms with E-state index in [2.05, 4.69) is 6.92 Å². The molecule has 1 aliphatic rings. The highest BCUT2D eigenvalue weighted by molar-refractivity contribution is 6.10. The van der Waals surface area contributed by atoms with Crippen molar-refractivity contribution in [3.8, 4) is 5.75 Å². The minimum Gasteiger partial charge on any atom is -0.497 e. The molecule has 0 N–H and O–H groups in total. The van der Waals surface area contributed by atoms with Gasteiger partial charge in [-0.3, -0.25) is 14.5 Å². The highest BCUT2D eigenvalue weighted by Gasteiger charge is 2.43. The van der Waals surface area contributed by atoms with Crippen LogP contribution in [0.5, 0.6) is 5.75 Å². The van der Waals surface area contributed by atoms with E-state index in [-0.39, 0.29) is 22.3 Å². The summed E-state index contributed by atoms with van der Waals surface area (Å²) < 4.78 is 25.1. The summed E-state index contributed by atoms with van der Waals surface area (Å²) in [5, 5.41) is 0.104. The van der Waals surface area contributed by atoms with Crippen LogP contribution in [0, 0.1) is 5.82 Å². The SMILES string of the molecule is CCc1ccc(N2C(=O)c3oc4ccc(F)cc4c(=O)c3C2c2cccc(OC)c2)cc1. The van der Waals surface area contributed by atoms with Crippen LogP contribution in [0.15, 0.2) is 75.9 Å². The van der Waals surface area contributed by atoms with Crippen LogP contribution in [0.2, 0.25) is 0 Å². The van der Waals surface area contributed by atoms with Crippen LogP contribution < -0.4 is 15.1 Å². The number of methoxy groups -OCH3 is 1. The van der Waals surface area contributed by atoms with E-state index in [1.807, 2.05) is 30.3 Å². The normalized spacial score (nSPS) is 15.3. The Morgan fingerprint density at radius 2 is 1.81 bits per heavy atom. The molecule has 1 unspecified atom stereocenters. The van der Waals surface area contributed by atoms with Crippen molar-refractivity contribution < 1.29 is 18.3 Å². The van der Waals surface area contributed by atoms with Crippen molar-refractivity contribution >= 4 is 22.6 Å². The summed E-state index contributed by atoms with van der Waals surface area (Å²) in [5.41, 5.74) is 2.41. The molecule has 6 heteroatoms. The van der Waals surface area contributed by atoms with Crippen LogP contribution in [-0.2, 0) is 6.42 Å². The van der Waals surface area contributed by atoms with Gasteiger partial charge in [0.05, 0.1) is 24.1 Å². The summed E-state index contributed by atoms with van der Waals surface area (Å²) in [6.07, 6.45) is 0.866. The number of halogens is 1. The molecule has 32 heavy (non-hydrogen) atoms. The van der Waals surface area contributed by atoms with Gasteiger partial charge in [0.15, 0.2) is 5.43 Å². The van der Waals surface area contributed by atoms with Crippen molar-refractivity contribution in [2.24, 2.45) is 0 Å². The number of rotatable bonds is 4. The highest BCUT2D eigenvalue weighted by atomic mass is 19.1. The lowest BCUT2D eigenvalue weighted by Gasteiger charge is -2.25. The van der Waals surface area contributed by atoms with E-state index in [0.29, 0.717) is 17.0 Å². The maximum absolute atomic E-state index is 13.9. The number of hydrogen-bond donors (Lipinski definition) is 0. The van der Waals surface area contributed by atoms with Gasteiger partial charge >= 0.3 is 0 Å². The highest BCUT2D eigenvalue weighted by Crippen LogP contribution is 2.42. The quantitative estimate of drug-likeness (QED) is 0.444. The summed E-state index contributed by atoms with van der Waals surface area (Å²) in [6, 6.07) is 17.8. The molecule has 160 valence electrons. The number of ether oxygens (including phenoxy) is 1. The van der Waals surface area contributed by atoms with Gasteiger partial charge in [0.25, 0.3) is 5.91 Å². The summed E-state index contributed by atoms with van der Waals surface area (Å²) in [5.74, 6) is -0.387. The van der Waals surface area contributed by atoms with Crippen LogP contribution >= 0.6 is 0 Å². The molecule has 5 rings (SSSR count). The molecule has 3 aromatic carbocycles. The number of hydrogen-bond acceptors (Lipinski definition) is 4. The second-order valence-electron chi connectivity index (χ2n) is 7.69. The van der Waals surface area contributed by atoms with Crippen molar-refractivity contribution in [2.45, 2.75) is 19.4 Å². The predicted octanol–water partition coefficient (Wildman–Crippen LogP) is 5.25. The number of carbonyl (C=O) groups is 1. The lowest BCUT2D eigenvalue weighted by Crippen LogP contribution is -2.29. The first-order valence-corrected chi connectivity index (χ1v) is 10.3. The number of nitrogens with zero attached hydrogens (tertiary/aromatic N) is 1. The molecule has 0 bridgehead atoms. The molecule has 0 saturated heterocycles. The summed E-state index contributed by atoms with van der Waals surface area (Å²) >= 11 is 0. The van der Waals surface area contributed by atoms with E-state index in [9.17, 15) is 14.0 Å². The third-order valence-electron chi connectivity index (χ3n) is 5.86. The molecule has 0 aliphatic carbocycles. The van der Waals surface area contributed by atoms with Gasteiger partial charge in [-0.15, -0.1) is 0 Å². The molecule has 4 aromatic rings. The third kappa shape index (κ3) is 3.07. The predicted molar refractivity (Wildman–Crippen MR) is 120 cm³/mol. The second kappa shape index (κ2) is 7.64. The molecule has 1 aliphatic heterocycles. The van der Waals surface area contributed by atoms with Crippen LogP contribution in [0.25, 0.3) is 11.0 Å². The zero-order chi connectivity index (χ0) is 22.4. The maximum atomic E-state index is 13.9. The van der Waals surface area contributed by atoms with Gasteiger partial charge in [-0.05, 0) is 60.0 Å². The minimum atomic E-state index is -0.732. The molecule has 1 aromatic heterocycles.